The molecule has 0 saturated carbocycles. The lowest BCUT2D eigenvalue weighted by Crippen LogP contribution is -2.14. The second kappa shape index (κ2) is 5.27. The van der Waals surface area contributed by atoms with Crippen molar-refractivity contribution in [3.8, 4) is 11.6 Å². The van der Waals surface area contributed by atoms with Gasteiger partial charge in [0.05, 0.1) is 17.4 Å². The molecule has 7 nitrogen and oxygen atoms in total. The Morgan fingerprint density at radius 1 is 1.05 bits per heavy atom. The number of benzene rings is 1. The largest absolute Gasteiger partial charge is 0.439 e. The van der Waals surface area contributed by atoms with Crippen molar-refractivity contribution in [2.75, 3.05) is 5.73 Å². The molecule has 0 fully saturated rings. The van der Waals surface area contributed by atoms with Gasteiger partial charge in [-0.3, -0.25) is 9.59 Å². The first-order valence-corrected chi connectivity index (χ1v) is 5.60. The molecule has 0 spiro atoms. The summed E-state index contributed by atoms with van der Waals surface area (Å²) in [6.07, 6.45) is 1.28. The van der Waals surface area contributed by atoms with Gasteiger partial charge in [0.2, 0.25) is 11.8 Å². The van der Waals surface area contributed by atoms with Gasteiger partial charge in [-0.25, -0.2) is 4.98 Å². The van der Waals surface area contributed by atoms with Crippen molar-refractivity contribution in [2.24, 2.45) is 11.5 Å². The molecule has 0 saturated heterocycles. The number of pyridine rings is 1. The summed E-state index contributed by atoms with van der Waals surface area (Å²) in [6.45, 7) is 0. The number of carbonyl (C=O) groups excluding carboxylic acids is 2. The van der Waals surface area contributed by atoms with Gasteiger partial charge in [0.25, 0.3) is 5.91 Å². The smallest absolute Gasteiger partial charge is 0.251 e. The molecule has 0 unspecified atom stereocenters. The van der Waals surface area contributed by atoms with Crippen LogP contribution in [0.4, 0.5) is 5.69 Å². The zero-order valence-electron chi connectivity index (χ0n) is 10.4. The number of anilines is 1. The van der Waals surface area contributed by atoms with Crippen molar-refractivity contribution in [3.05, 3.63) is 47.7 Å². The molecule has 0 radical (unpaired) electrons. The second-order valence-electron chi connectivity index (χ2n) is 3.96. The Labute approximate surface area is 114 Å². The van der Waals surface area contributed by atoms with Crippen molar-refractivity contribution in [1.82, 2.24) is 4.98 Å². The van der Waals surface area contributed by atoms with Crippen molar-refractivity contribution in [3.63, 3.8) is 0 Å². The molecular weight excluding hydrogens is 260 g/mol. The lowest BCUT2D eigenvalue weighted by Gasteiger charge is -2.07. The van der Waals surface area contributed by atoms with Crippen LogP contribution in [0.15, 0.2) is 36.5 Å². The molecule has 20 heavy (non-hydrogen) atoms. The third-order valence-corrected chi connectivity index (χ3v) is 2.54. The monoisotopic (exact) mass is 272 g/mol. The Morgan fingerprint density at radius 2 is 1.70 bits per heavy atom. The molecule has 0 aliphatic rings. The summed E-state index contributed by atoms with van der Waals surface area (Å²) in [5.41, 5.74) is 16.5. The Bertz CT molecular complexity index is 668. The molecule has 102 valence electrons. The highest BCUT2D eigenvalue weighted by atomic mass is 16.5. The van der Waals surface area contributed by atoms with E-state index in [-0.39, 0.29) is 17.1 Å². The van der Waals surface area contributed by atoms with E-state index in [1.807, 2.05) is 0 Å². The van der Waals surface area contributed by atoms with Crippen LogP contribution >= 0.6 is 0 Å². The van der Waals surface area contributed by atoms with E-state index in [0.717, 1.165) is 0 Å². The van der Waals surface area contributed by atoms with Gasteiger partial charge < -0.3 is 21.9 Å². The average molecular weight is 272 g/mol. The van der Waals surface area contributed by atoms with E-state index in [1.54, 1.807) is 12.1 Å². The molecule has 1 aromatic heterocycles. The summed E-state index contributed by atoms with van der Waals surface area (Å²) in [4.78, 5) is 26.0. The predicted octanol–water partition coefficient (Wildman–Crippen LogP) is 0.654. The molecule has 2 aromatic rings. The summed E-state index contributed by atoms with van der Waals surface area (Å²) in [7, 11) is 0. The summed E-state index contributed by atoms with van der Waals surface area (Å²) in [5.74, 6) is -0.598. The number of aromatic nitrogens is 1. The van der Waals surface area contributed by atoms with Crippen LogP contribution in [0.1, 0.15) is 20.7 Å². The molecule has 0 aliphatic heterocycles. The quantitative estimate of drug-likeness (QED) is 0.751. The van der Waals surface area contributed by atoms with Gasteiger partial charge in [-0.05, 0) is 24.3 Å². The van der Waals surface area contributed by atoms with Crippen LogP contribution in [-0.4, -0.2) is 16.8 Å². The number of ether oxygens (including phenoxy) is 1. The fourth-order valence-electron chi connectivity index (χ4n) is 1.52. The van der Waals surface area contributed by atoms with Gasteiger partial charge in [0.15, 0.2) is 0 Å². The fraction of sp³-hybridized carbons (Fsp3) is 0. The molecule has 0 bridgehead atoms. The number of nitrogen functional groups attached to an aromatic ring is 1. The van der Waals surface area contributed by atoms with E-state index in [2.05, 4.69) is 4.98 Å². The van der Waals surface area contributed by atoms with E-state index < -0.39 is 11.8 Å². The van der Waals surface area contributed by atoms with Crippen LogP contribution in [-0.2, 0) is 0 Å². The Hall–Kier alpha value is -3.09. The number of amides is 2. The number of primary amides is 2. The molecule has 2 rings (SSSR count). The van der Waals surface area contributed by atoms with Crippen molar-refractivity contribution in [2.45, 2.75) is 0 Å². The lowest BCUT2D eigenvalue weighted by atomic mass is 10.2. The highest BCUT2D eigenvalue weighted by Gasteiger charge is 2.09. The first-order chi connectivity index (χ1) is 9.47. The van der Waals surface area contributed by atoms with Gasteiger partial charge in [-0.15, -0.1) is 0 Å². The standard InChI is InChI=1S/C13H12N4O3/c14-10-6-17-11(5-9(10)13(16)19)20-8-3-1-7(2-4-8)12(15)18/h1-6H,14H2,(H2,15,18)(H2,16,19). The number of hydrogen-bond donors (Lipinski definition) is 3. The normalized spacial score (nSPS) is 10.0. The minimum Gasteiger partial charge on any atom is -0.439 e. The van der Waals surface area contributed by atoms with E-state index >= 15 is 0 Å². The average Bonchev–Trinajstić information content (AvgIpc) is 2.41. The first-order valence-electron chi connectivity index (χ1n) is 5.60. The summed E-state index contributed by atoms with van der Waals surface area (Å²) >= 11 is 0. The van der Waals surface area contributed by atoms with E-state index in [9.17, 15) is 9.59 Å². The van der Waals surface area contributed by atoms with Gasteiger partial charge in [-0.1, -0.05) is 0 Å². The maximum Gasteiger partial charge on any atom is 0.251 e. The number of carbonyl (C=O) groups is 2. The predicted molar refractivity (Wildman–Crippen MR) is 72.2 cm³/mol. The minimum atomic E-state index is -0.668. The lowest BCUT2D eigenvalue weighted by molar-refractivity contribution is 0.0992. The van der Waals surface area contributed by atoms with Crippen LogP contribution in [0, 0.1) is 0 Å². The Balaban J connectivity index is 2.23. The summed E-state index contributed by atoms with van der Waals surface area (Å²) in [6, 6.07) is 7.50. The zero-order valence-corrected chi connectivity index (χ0v) is 10.4. The maximum atomic E-state index is 11.2. The van der Waals surface area contributed by atoms with Crippen molar-refractivity contribution < 1.29 is 14.3 Å². The van der Waals surface area contributed by atoms with Crippen LogP contribution in [0.3, 0.4) is 0 Å². The van der Waals surface area contributed by atoms with Crippen molar-refractivity contribution in [1.29, 1.82) is 0 Å². The van der Waals surface area contributed by atoms with Crippen molar-refractivity contribution >= 4 is 17.5 Å². The first kappa shape index (κ1) is 13.3. The number of rotatable bonds is 4. The van der Waals surface area contributed by atoms with Gasteiger partial charge in [0.1, 0.15) is 5.75 Å². The van der Waals surface area contributed by atoms with E-state index in [1.165, 1.54) is 24.4 Å². The topological polar surface area (TPSA) is 134 Å². The highest BCUT2D eigenvalue weighted by molar-refractivity contribution is 5.98. The number of nitrogens with zero attached hydrogens (tertiary/aromatic N) is 1. The zero-order chi connectivity index (χ0) is 14.7. The molecule has 1 aromatic carbocycles. The molecule has 0 aliphatic carbocycles. The molecule has 7 heteroatoms. The minimum absolute atomic E-state index is 0.128. The molecule has 0 atom stereocenters. The van der Waals surface area contributed by atoms with Crippen LogP contribution < -0.4 is 21.9 Å². The van der Waals surface area contributed by atoms with Gasteiger partial charge in [-0.2, -0.15) is 0 Å². The maximum absolute atomic E-state index is 11.2. The summed E-state index contributed by atoms with van der Waals surface area (Å²) in [5, 5.41) is 0. The van der Waals surface area contributed by atoms with Gasteiger partial charge >= 0.3 is 0 Å². The van der Waals surface area contributed by atoms with Crippen LogP contribution in [0.5, 0.6) is 11.6 Å². The third kappa shape index (κ3) is 2.83. The molecule has 2 amide bonds. The number of hydrogen-bond acceptors (Lipinski definition) is 5. The van der Waals surface area contributed by atoms with Crippen LogP contribution in [0.25, 0.3) is 0 Å². The molecule has 1 heterocycles. The Morgan fingerprint density at radius 3 is 2.25 bits per heavy atom. The molecule has 6 N–H and O–H groups in total. The second-order valence-corrected chi connectivity index (χ2v) is 3.96. The third-order valence-electron chi connectivity index (χ3n) is 2.54. The van der Waals surface area contributed by atoms with Crippen LogP contribution in [0.2, 0.25) is 0 Å². The fourth-order valence-corrected chi connectivity index (χ4v) is 1.52. The number of nitrogens with two attached hydrogens (primary N) is 3. The SMILES string of the molecule is NC(=O)c1ccc(Oc2cc(C(N)=O)c(N)cn2)cc1. The van der Waals surface area contributed by atoms with Gasteiger partial charge in [0, 0.05) is 11.6 Å². The van der Waals surface area contributed by atoms with E-state index in [4.69, 9.17) is 21.9 Å². The molecular formula is C13H12N4O3. The Kier molecular flexibility index (Phi) is 3.52. The highest BCUT2D eigenvalue weighted by Crippen LogP contribution is 2.22. The summed E-state index contributed by atoms with van der Waals surface area (Å²) < 4.78 is 5.43. The van der Waals surface area contributed by atoms with E-state index in [0.29, 0.717) is 11.3 Å².